The molecule has 2 heteroatoms. The van der Waals surface area contributed by atoms with Gasteiger partial charge in [-0.1, -0.05) is 6.92 Å². The highest BCUT2D eigenvalue weighted by Crippen LogP contribution is 2.11. The van der Waals surface area contributed by atoms with Gasteiger partial charge >= 0.3 is 0 Å². The molecule has 0 bridgehead atoms. The Labute approximate surface area is 72.9 Å². The molecule has 0 aliphatic rings. The number of hydrogen-bond acceptors (Lipinski definition) is 2. The minimum Gasteiger partial charge on any atom is -0.257 e. The van der Waals surface area contributed by atoms with Crippen molar-refractivity contribution in [1.82, 2.24) is 4.98 Å². The van der Waals surface area contributed by atoms with Gasteiger partial charge in [-0.15, -0.1) is 0 Å². The van der Waals surface area contributed by atoms with Crippen molar-refractivity contribution in [3.8, 4) is 6.07 Å². The lowest BCUT2D eigenvalue weighted by Crippen LogP contribution is -1.96. The van der Waals surface area contributed by atoms with E-state index < -0.39 is 0 Å². The minimum absolute atomic E-state index is 0.715. The second kappa shape index (κ2) is 3.36. The number of nitrogens with zero attached hydrogens (tertiary/aromatic N) is 2. The lowest BCUT2D eigenvalue weighted by molar-refractivity contribution is 0.990. The summed E-state index contributed by atoms with van der Waals surface area (Å²) in [7, 11) is 0. The van der Waals surface area contributed by atoms with Crippen LogP contribution in [0.4, 0.5) is 0 Å². The zero-order chi connectivity index (χ0) is 9.14. The van der Waals surface area contributed by atoms with Crippen molar-refractivity contribution >= 4 is 0 Å². The highest BCUT2D eigenvalue weighted by atomic mass is 14.7. The molecule has 0 saturated heterocycles. The first-order valence-electron chi connectivity index (χ1n) is 4.06. The second-order valence-corrected chi connectivity index (χ2v) is 2.86. The first-order valence-corrected chi connectivity index (χ1v) is 4.06. The molecule has 1 aromatic rings. The molecule has 0 aliphatic carbocycles. The van der Waals surface area contributed by atoms with Crippen LogP contribution in [0.2, 0.25) is 0 Å². The summed E-state index contributed by atoms with van der Waals surface area (Å²) in [5, 5.41) is 8.77. The number of pyridine rings is 1. The zero-order valence-corrected chi connectivity index (χ0v) is 7.68. The summed E-state index contributed by atoms with van der Waals surface area (Å²) in [6, 6.07) is 4.13. The smallest absolute Gasteiger partial charge is 0.101 e. The van der Waals surface area contributed by atoms with Crippen LogP contribution in [0.5, 0.6) is 0 Å². The molecule has 1 heterocycles. The third-order valence-electron chi connectivity index (χ3n) is 1.92. The Morgan fingerprint density at radius 1 is 1.50 bits per heavy atom. The highest BCUT2D eigenvalue weighted by molar-refractivity contribution is 5.40. The Morgan fingerprint density at radius 3 is 2.58 bits per heavy atom. The summed E-state index contributed by atoms with van der Waals surface area (Å²) >= 11 is 0. The molecule has 2 nitrogen and oxygen atoms in total. The van der Waals surface area contributed by atoms with Gasteiger partial charge in [0.05, 0.1) is 11.3 Å². The number of hydrogen-bond donors (Lipinski definition) is 0. The molecular formula is C10H12N2. The topological polar surface area (TPSA) is 36.7 Å². The van der Waals surface area contributed by atoms with Gasteiger partial charge in [0.15, 0.2) is 0 Å². The van der Waals surface area contributed by atoms with Crippen molar-refractivity contribution < 1.29 is 0 Å². The lowest BCUT2D eigenvalue weighted by atomic mass is 10.1. The van der Waals surface area contributed by atoms with Crippen LogP contribution in [0.25, 0.3) is 0 Å². The number of aryl methyl sites for hydroxylation is 3. The van der Waals surface area contributed by atoms with Gasteiger partial charge in [0.2, 0.25) is 0 Å². The second-order valence-electron chi connectivity index (χ2n) is 2.86. The van der Waals surface area contributed by atoms with Crippen molar-refractivity contribution in [3.63, 3.8) is 0 Å². The van der Waals surface area contributed by atoms with Crippen LogP contribution in [0.1, 0.15) is 29.4 Å². The van der Waals surface area contributed by atoms with Crippen LogP contribution >= 0.6 is 0 Å². The summed E-state index contributed by atoms with van der Waals surface area (Å²) in [4.78, 5) is 4.30. The molecule has 0 atom stereocenters. The maximum atomic E-state index is 8.77. The van der Waals surface area contributed by atoms with Gasteiger partial charge in [0.1, 0.15) is 6.07 Å². The third kappa shape index (κ3) is 1.45. The summed E-state index contributed by atoms with van der Waals surface area (Å²) in [6.07, 6.45) is 0.924. The van der Waals surface area contributed by atoms with Crippen LogP contribution in [-0.4, -0.2) is 4.98 Å². The van der Waals surface area contributed by atoms with Crippen LogP contribution < -0.4 is 0 Å². The highest BCUT2D eigenvalue weighted by Gasteiger charge is 2.03. The van der Waals surface area contributed by atoms with Gasteiger partial charge in [-0.05, 0) is 31.9 Å². The van der Waals surface area contributed by atoms with Crippen molar-refractivity contribution in [2.75, 3.05) is 0 Å². The van der Waals surface area contributed by atoms with Crippen LogP contribution in [0.3, 0.4) is 0 Å². The van der Waals surface area contributed by atoms with Crippen molar-refractivity contribution in [2.24, 2.45) is 0 Å². The van der Waals surface area contributed by atoms with E-state index in [1.165, 1.54) is 0 Å². The Kier molecular flexibility index (Phi) is 2.44. The van der Waals surface area contributed by atoms with E-state index in [1.807, 2.05) is 19.9 Å². The molecule has 0 spiro atoms. The van der Waals surface area contributed by atoms with Gasteiger partial charge in [0.25, 0.3) is 0 Å². The average molecular weight is 160 g/mol. The van der Waals surface area contributed by atoms with Crippen molar-refractivity contribution in [3.05, 3.63) is 28.6 Å². The molecule has 0 radical (unpaired) electrons. The normalized spacial score (nSPS) is 9.50. The number of aromatic nitrogens is 1. The Morgan fingerprint density at radius 2 is 2.17 bits per heavy atom. The fourth-order valence-corrected chi connectivity index (χ4v) is 1.26. The predicted molar refractivity (Wildman–Crippen MR) is 47.8 cm³/mol. The Hall–Kier alpha value is -1.36. The maximum Gasteiger partial charge on any atom is 0.101 e. The molecule has 0 aromatic carbocycles. The van der Waals surface area contributed by atoms with Gasteiger partial charge in [-0.25, -0.2) is 0 Å². The molecule has 0 fully saturated rings. The monoisotopic (exact) mass is 160 g/mol. The van der Waals surface area contributed by atoms with E-state index in [0.29, 0.717) is 5.56 Å². The fraction of sp³-hybridized carbons (Fsp3) is 0.400. The third-order valence-corrected chi connectivity index (χ3v) is 1.92. The van der Waals surface area contributed by atoms with E-state index in [0.717, 1.165) is 23.4 Å². The molecule has 0 amide bonds. The quantitative estimate of drug-likeness (QED) is 0.631. The van der Waals surface area contributed by atoms with Gasteiger partial charge < -0.3 is 0 Å². The van der Waals surface area contributed by atoms with E-state index in [2.05, 4.69) is 18.0 Å². The molecule has 1 aromatic heterocycles. The van der Waals surface area contributed by atoms with Crippen LogP contribution in [0, 0.1) is 25.2 Å². The summed E-state index contributed by atoms with van der Waals surface area (Å²) in [5.74, 6) is 0. The maximum absolute atomic E-state index is 8.77. The van der Waals surface area contributed by atoms with Crippen molar-refractivity contribution in [1.29, 1.82) is 5.26 Å². The molecule has 12 heavy (non-hydrogen) atoms. The SMILES string of the molecule is CCc1cc(C)c(C#N)c(C)n1. The summed E-state index contributed by atoms with van der Waals surface area (Å²) < 4.78 is 0. The summed E-state index contributed by atoms with van der Waals surface area (Å²) in [6.45, 7) is 5.89. The van der Waals surface area contributed by atoms with Gasteiger partial charge in [-0.3, -0.25) is 4.98 Å². The summed E-state index contributed by atoms with van der Waals surface area (Å²) in [5.41, 5.74) is 3.65. The predicted octanol–water partition coefficient (Wildman–Crippen LogP) is 2.13. The largest absolute Gasteiger partial charge is 0.257 e. The Balaban J connectivity index is 3.30. The van der Waals surface area contributed by atoms with Crippen LogP contribution in [0.15, 0.2) is 6.07 Å². The number of rotatable bonds is 1. The molecule has 0 unspecified atom stereocenters. The molecular weight excluding hydrogens is 148 g/mol. The van der Waals surface area contributed by atoms with E-state index >= 15 is 0 Å². The van der Waals surface area contributed by atoms with Gasteiger partial charge in [0, 0.05) is 5.69 Å². The van der Waals surface area contributed by atoms with Crippen LogP contribution in [-0.2, 0) is 6.42 Å². The fourth-order valence-electron chi connectivity index (χ4n) is 1.26. The average Bonchev–Trinajstić information content (AvgIpc) is 2.03. The minimum atomic E-state index is 0.715. The van der Waals surface area contributed by atoms with E-state index in [9.17, 15) is 0 Å². The first kappa shape index (κ1) is 8.73. The first-order chi connectivity index (χ1) is 5.69. The molecule has 62 valence electrons. The molecule has 0 saturated carbocycles. The van der Waals surface area contributed by atoms with E-state index in [-0.39, 0.29) is 0 Å². The van der Waals surface area contributed by atoms with E-state index in [1.54, 1.807) is 0 Å². The Bertz CT molecular complexity index is 311. The molecule has 0 N–H and O–H groups in total. The standard InChI is InChI=1S/C10H12N2/c1-4-9-5-7(2)10(6-11)8(3)12-9/h5H,4H2,1-3H3. The number of nitriles is 1. The van der Waals surface area contributed by atoms with Gasteiger partial charge in [-0.2, -0.15) is 5.26 Å². The zero-order valence-electron chi connectivity index (χ0n) is 7.68. The van der Waals surface area contributed by atoms with Crippen molar-refractivity contribution in [2.45, 2.75) is 27.2 Å². The van der Waals surface area contributed by atoms with E-state index in [4.69, 9.17) is 5.26 Å². The molecule has 0 aliphatic heterocycles. The lowest BCUT2D eigenvalue weighted by Gasteiger charge is -2.03. The molecule has 1 rings (SSSR count).